The molecule has 1 aliphatic heterocycles. The van der Waals surface area contributed by atoms with Crippen molar-refractivity contribution in [1.29, 1.82) is 0 Å². The number of aromatic nitrogens is 1. The van der Waals surface area contributed by atoms with Crippen molar-refractivity contribution in [1.82, 2.24) is 9.47 Å². The lowest BCUT2D eigenvalue weighted by Crippen LogP contribution is -2.43. The van der Waals surface area contributed by atoms with Gasteiger partial charge in [-0.25, -0.2) is 9.79 Å². The molecule has 0 aliphatic carbocycles. The van der Waals surface area contributed by atoms with Gasteiger partial charge < -0.3 is 23.5 Å². The third-order valence-corrected chi connectivity index (χ3v) is 8.83. The van der Waals surface area contributed by atoms with Crippen molar-refractivity contribution in [3.8, 4) is 22.8 Å². The number of fused-ring (bicyclic) bond motifs is 1. The Bertz CT molecular complexity index is 2000. The summed E-state index contributed by atoms with van der Waals surface area (Å²) in [5, 5.41) is 0. The van der Waals surface area contributed by atoms with Gasteiger partial charge in [-0.3, -0.25) is 14.2 Å². The fraction of sp³-hybridized carbons (Fsp3) is 0.294. The summed E-state index contributed by atoms with van der Waals surface area (Å²) in [5.41, 5.74) is 3.32. The van der Waals surface area contributed by atoms with Crippen LogP contribution in [0.25, 0.3) is 17.4 Å². The van der Waals surface area contributed by atoms with Crippen molar-refractivity contribution in [2.75, 3.05) is 34.4 Å². The first-order valence-electron chi connectivity index (χ1n) is 14.5. The summed E-state index contributed by atoms with van der Waals surface area (Å²) < 4.78 is 24.1. The molecule has 0 unspecified atom stereocenters. The van der Waals surface area contributed by atoms with E-state index in [9.17, 15) is 14.4 Å². The molecule has 3 heterocycles. The highest BCUT2D eigenvalue weighted by atomic mass is 32.1. The van der Waals surface area contributed by atoms with Crippen LogP contribution in [0.5, 0.6) is 11.5 Å². The highest BCUT2D eigenvalue weighted by Gasteiger charge is 2.36. The van der Waals surface area contributed by atoms with E-state index in [-0.39, 0.29) is 11.5 Å². The molecule has 5 rings (SSSR count). The quantitative estimate of drug-likeness (QED) is 0.251. The zero-order chi connectivity index (χ0) is 32.4. The first-order valence-corrected chi connectivity index (χ1v) is 15.3. The van der Waals surface area contributed by atoms with Crippen LogP contribution in [0.1, 0.15) is 54.1 Å². The van der Waals surface area contributed by atoms with E-state index < -0.39 is 12.0 Å². The second-order valence-electron chi connectivity index (χ2n) is 10.4. The maximum Gasteiger partial charge on any atom is 0.337 e. The molecule has 0 N–H and O–H groups in total. The van der Waals surface area contributed by atoms with Gasteiger partial charge in [0.1, 0.15) is 29.1 Å². The number of carbonyl (C=O) groups excluding carboxylic acids is 2. The van der Waals surface area contributed by atoms with Crippen LogP contribution in [-0.4, -0.2) is 55.8 Å². The van der Waals surface area contributed by atoms with E-state index in [1.807, 2.05) is 26.8 Å². The number of esters is 1. The smallest absolute Gasteiger partial charge is 0.337 e. The largest absolute Gasteiger partial charge is 0.497 e. The monoisotopic (exact) mass is 629 g/mol. The van der Waals surface area contributed by atoms with Crippen molar-refractivity contribution in [3.63, 3.8) is 0 Å². The van der Waals surface area contributed by atoms with Gasteiger partial charge in [-0.2, -0.15) is 0 Å². The maximum atomic E-state index is 14.2. The number of carbonyl (C=O) groups is 2. The molecule has 0 fully saturated rings. The van der Waals surface area contributed by atoms with Crippen LogP contribution >= 0.6 is 11.3 Å². The average molecular weight is 630 g/mol. The number of methoxy groups -OCH3 is 3. The Kier molecular flexibility index (Phi) is 9.10. The zero-order valence-electron chi connectivity index (χ0n) is 26.3. The van der Waals surface area contributed by atoms with Gasteiger partial charge in [0.2, 0.25) is 0 Å². The SMILES string of the molecule is CCN(CC)C(=O)C1=C(C)N=c2s/c(=C\c3ccc(-c4ccc(C(=O)OC)cc4C)o3)c(=O)n2[C@@H]1c1cc(OC)ccc1OC. The van der Waals surface area contributed by atoms with E-state index in [0.717, 1.165) is 11.1 Å². The molecule has 2 aromatic heterocycles. The van der Waals surface area contributed by atoms with Crippen LogP contribution in [0.2, 0.25) is 0 Å². The van der Waals surface area contributed by atoms with Crippen LogP contribution in [0, 0.1) is 6.92 Å². The number of benzene rings is 2. The summed E-state index contributed by atoms with van der Waals surface area (Å²) >= 11 is 1.22. The number of rotatable bonds is 9. The minimum Gasteiger partial charge on any atom is -0.497 e. The summed E-state index contributed by atoms with van der Waals surface area (Å²) in [7, 11) is 4.46. The van der Waals surface area contributed by atoms with E-state index in [2.05, 4.69) is 0 Å². The predicted octanol–water partition coefficient (Wildman–Crippen LogP) is 4.48. The van der Waals surface area contributed by atoms with E-state index in [0.29, 0.717) is 67.8 Å². The van der Waals surface area contributed by atoms with Gasteiger partial charge in [0.15, 0.2) is 4.80 Å². The highest BCUT2D eigenvalue weighted by molar-refractivity contribution is 7.07. The topological polar surface area (TPSA) is 113 Å². The van der Waals surface area contributed by atoms with Crippen molar-refractivity contribution in [2.45, 2.75) is 33.7 Å². The van der Waals surface area contributed by atoms with E-state index in [1.54, 1.807) is 79.2 Å². The molecular formula is C34H35N3O7S. The van der Waals surface area contributed by atoms with Crippen LogP contribution in [-0.2, 0) is 9.53 Å². The Morgan fingerprint density at radius 3 is 2.42 bits per heavy atom. The molecule has 4 aromatic rings. The number of thiazole rings is 1. The van der Waals surface area contributed by atoms with E-state index in [4.69, 9.17) is 23.6 Å². The first kappa shape index (κ1) is 31.5. The molecule has 11 heteroatoms. The summed E-state index contributed by atoms with van der Waals surface area (Å²) in [6.07, 6.45) is 1.68. The van der Waals surface area contributed by atoms with Crippen molar-refractivity contribution < 1.29 is 28.2 Å². The predicted molar refractivity (Wildman–Crippen MR) is 171 cm³/mol. The van der Waals surface area contributed by atoms with Gasteiger partial charge in [-0.1, -0.05) is 17.4 Å². The lowest BCUT2D eigenvalue weighted by molar-refractivity contribution is -0.127. The molecule has 0 radical (unpaired) electrons. The molecule has 0 bridgehead atoms. The molecule has 0 saturated heterocycles. The summed E-state index contributed by atoms with van der Waals surface area (Å²) in [6, 6.07) is 13.4. The third kappa shape index (κ3) is 5.83. The molecule has 0 spiro atoms. The molecule has 10 nitrogen and oxygen atoms in total. The number of hydrogen-bond acceptors (Lipinski definition) is 9. The molecule has 0 saturated carbocycles. The Hall–Kier alpha value is -4.90. The fourth-order valence-electron chi connectivity index (χ4n) is 5.51. The van der Waals surface area contributed by atoms with Crippen LogP contribution in [0.3, 0.4) is 0 Å². The number of amides is 1. The second-order valence-corrected chi connectivity index (χ2v) is 11.4. The average Bonchev–Trinajstić information content (AvgIpc) is 3.63. The molecule has 1 atom stereocenters. The molecule has 234 valence electrons. The molecule has 2 aromatic carbocycles. The summed E-state index contributed by atoms with van der Waals surface area (Å²) in [4.78, 5) is 47.0. The molecule has 1 aliphatic rings. The third-order valence-electron chi connectivity index (χ3n) is 7.85. The summed E-state index contributed by atoms with van der Waals surface area (Å²) in [5.74, 6) is 1.52. The minimum absolute atomic E-state index is 0.199. The van der Waals surface area contributed by atoms with Crippen molar-refractivity contribution >= 4 is 29.3 Å². The van der Waals surface area contributed by atoms with Crippen molar-refractivity contribution in [2.24, 2.45) is 4.99 Å². The number of aryl methyl sites for hydroxylation is 1. The first-order chi connectivity index (χ1) is 21.6. The van der Waals surface area contributed by atoms with Crippen LogP contribution in [0.4, 0.5) is 0 Å². The van der Waals surface area contributed by atoms with Gasteiger partial charge in [-0.15, -0.1) is 0 Å². The second kappa shape index (κ2) is 13.0. The summed E-state index contributed by atoms with van der Waals surface area (Å²) in [6.45, 7) is 8.52. The number of nitrogens with zero attached hydrogens (tertiary/aromatic N) is 3. The molecule has 1 amide bonds. The lowest BCUT2D eigenvalue weighted by Gasteiger charge is -2.30. The standard InChI is InChI=1S/C34H35N3O7S/c1-8-36(9-2)32(39)29-20(4)35-34-37(30(29)25-17-22(41-5)11-14-26(25)42-6)31(38)28(45-34)18-23-12-15-27(44-23)24-13-10-21(16-19(24)3)33(40)43-7/h10-18,30H,8-9H2,1-7H3/b28-18-/t30-/m1/s1. The van der Waals surface area contributed by atoms with Gasteiger partial charge in [0.05, 0.1) is 42.7 Å². The number of allylic oxidation sites excluding steroid dienone is 1. The van der Waals surface area contributed by atoms with E-state index >= 15 is 0 Å². The highest BCUT2D eigenvalue weighted by Crippen LogP contribution is 2.38. The maximum absolute atomic E-state index is 14.2. The van der Waals surface area contributed by atoms with Gasteiger partial charge in [-0.05, 0) is 75.7 Å². The van der Waals surface area contributed by atoms with Crippen molar-refractivity contribution in [3.05, 3.63) is 102 Å². The Morgan fingerprint density at radius 1 is 1.02 bits per heavy atom. The zero-order valence-corrected chi connectivity index (χ0v) is 27.1. The fourth-order valence-corrected chi connectivity index (χ4v) is 6.54. The number of furan rings is 1. The van der Waals surface area contributed by atoms with Gasteiger partial charge in [0.25, 0.3) is 11.5 Å². The Labute approximate surface area is 264 Å². The minimum atomic E-state index is -0.801. The molecule has 45 heavy (non-hydrogen) atoms. The number of likely N-dealkylation sites (N-methyl/N-ethyl adjacent to an activating group) is 1. The lowest BCUT2D eigenvalue weighted by atomic mass is 9.93. The van der Waals surface area contributed by atoms with Gasteiger partial charge in [0, 0.05) is 30.3 Å². The van der Waals surface area contributed by atoms with E-state index in [1.165, 1.54) is 18.4 Å². The number of ether oxygens (including phenoxy) is 3. The number of hydrogen-bond donors (Lipinski definition) is 0. The normalized spacial score (nSPS) is 14.6. The Morgan fingerprint density at radius 2 is 1.78 bits per heavy atom. The molecular weight excluding hydrogens is 594 g/mol. The van der Waals surface area contributed by atoms with Crippen LogP contribution in [0.15, 0.2) is 74.0 Å². The van der Waals surface area contributed by atoms with Crippen LogP contribution < -0.4 is 24.4 Å². The Balaban J connectivity index is 1.65. The van der Waals surface area contributed by atoms with Gasteiger partial charge >= 0.3 is 5.97 Å².